The van der Waals surface area contributed by atoms with Gasteiger partial charge in [0.25, 0.3) is 0 Å². The highest BCUT2D eigenvalue weighted by Crippen LogP contribution is 2.68. The molecule has 9 atom stereocenters. The number of nitrogens with one attached hydrogen (secondary N) is 1. The van der Waals surface area contributed by atoms with Crippen molar-refractivity contribution in [2.75, 3.05) is 66.0 Å². The Kier molecular flexibility index (Phi) is 9.18. The Morgan fingerprint density at radius 3 is 2.52 bits per heavy atom. The van der Waals surface area contributed by atoms with Gasteiger partial charge in [-0.2, -0.15) is 0 Å². The number of piperidine rings is 1. The summed E-state index contributed by atoms with van der Waals surface area (Å²) >= 11 is 0. The number of methoxy groups -OCH3 is 3. The minimum absolute atomic E-state index is 0.115. The predicted molar refractivity (Wildman–Crippen MR) is 219 cm³/mol. The third kappa shape index (κ3) is 4.94. The Morgan fingerprint density at radius 2 is 1.81 bits per heavy atom. The van der Waals surface area contributed by atoms with Crippen molar-refractivity contribution in [1.29, 1.82) is 0 Å². The van der Waals surface area contributed by atoms with Crippen molar-refractivity contribution in [1.82, 2.24) is 14.8 Å². The second-order valence-corrected chi connectivity index (χ2v) is 17.6. The van der Waals surface area contributed by atoms with Gasteiger partial charge in [-0.25, -0.2) is 4.79 Å². The molecule has 3 aromatic rings. The third-order valence-corrected chi connectivity index (χ3v) is 15.1. The van der Waals surface area contributed by atoms with Crippen molar-refractivity contribution in [2.45, 2.75) is 87.5 Å². The highest BCUT2D eigenvalue weighted by molar-refractivity contribution is 5.95. The lowest BCUT2D eigenvalue weighted by atomic mass is 9.47. The number of esters is 3. The number of carbonyl (C=O) groups is 3. The molecule has 6 aliphatic rings. The van der Waals surface area contributed by atoms with Crippen LogP contribution < -0.4 is 9.64 Å². The summed E-state index contributed by atoms with van der Waals surface area (Å²) in [7, 11) is 6.25. The molecule has 1 saturated carbocycles. The number of aliphatic hydroxyl groups is 1. The van der Waals surface area contributed by atoms with E-state index in [0.29, 0.717) is 43.7 Å². The average molecular weight is 793 g/mol. The van der Waals surface area contributed by atoms with Gasteiger partial charge in [0.15, 0.2) is 6.10 Å². The van der Waals surface area contributed by atoms with E-state index in [1.54, 1.807) is 7.11 Å². The van der Waals surface area contributed by atoms with Crippen LogP contribution in [-0.4, -0.2) is 123 Å². The van der Waals surface area contributed by atoms with Crippen LogP contribution in [0.2, 0.25) is 0 Å². The number of H-pyrrole nitrogens is 1. The van der Waals surface area contributed by atoms with Crippen molar-refractivity contribution >= 4 is 34.5 Å². The van der Waals surface area contributed by atoms with Crippen LogP contribution in [0.25, 0.3) is 10.9 Å². The fourth-order valence-corrected chi connectivity index (χ4v) is 13.2. The zero-order valence-corrected chi connectivity index (χ0v) is 34.7. The number of hydrogen-bond acceptors (Lipinski definition) is 11. The van der Waals surface area contributed by atoms with Crippen molar-refractivity contribution in [3.63, 3.8) is 0 Å². The molecule has 1 aromatic heterocycles. The van der Waals surface area contributed by atoms with E-state index >= 15 is 4.79 Å². The van der Waals surface area contributed by atoms with E-state index in [0.717, 1.165) is 65.9 Å². The summed E-state index contributed by atoms with van der Waals surface area (Å²) in [6.07, 6.45) is 8.25. The molecule has 2 N–H and O–H groups in total. The van der Waals surface area contributed by atoms with Gasteiger partial charge in [0.1, 0.15) is 11.2 Å². The smallest absolute Gasteiger partial charge is 0.344 e. The molecule has 9 rings (SSSR count). The lowest BCUT2D eigenvalue weighted by Crippen LogP contribution is -2.81. The van der Waals surface area contributed by atoms with E-state index in [9.17, 15) is 14.7 Å². The number of anilines is 1. The highest BCUT2D eigenvalue weighted by Gasteiger charge is 2.80. The molecule has 0 radical (unpaired) electrons. The molecule has 12 heteroatoms. The van der Waals surface area contributed by atoms with Crippen molar-refractivity contribution in [3.8, 4) is 5.75 Å². The van der Waals surface area contributed by atoms with Gasteiger partial charge in [-0.15, -0.1) is 0 Å². The van der Waals surface area contributed by atoms with Crippen LogP contribution in [0.1, 0.15) is 68.8 Å². The fourth-order valence-electron chi connectivity index (χ4n) is 13.2. The summed E-state index contributed by atoms with van der Waals surface area (Å²) < 4.78 is 24.0. The number of hydrogen-bond donors (Lipinski definition) is 2. The van der Waals surface area contributed by atoms with Gasteiger partial charge >= 0.3 is 17.9 Å². The lowest BCUT2D eigenvalue weighted by Gasteiger charge is -2.63. The number of nitrogens with zero attached hydrogens (tertiary/aromatic N) is 3. The topological polar surface area (TPSA) is 134 Å². The average Bonchev–Trinajstić information content (AvgIpc) is 3.89. The summed E-state index contributed by atoms with van der Waals surface area (Å²) in [5.74, 6) is -1.20. The number of fused-ring (bicyclic) bond motifs is 6. The molecule has 2 aromatic carbocycles. The Balaban J connectivity index is 1.37. The van der Waals surface area contributed by atoms with E-state index in [1.165, 1.54) is 26.7 Å². The summed E-state index contributed by atoms with van der Waals surface area (Å²) in [4.78, 5) is 53.4. The SMILES string of the molecule is C/C=C1\CC2CN(CCc3c([nH]c4ccccc34)[C@@](C(=O)OC)(c3cc4c(cc3OC)N(C)[C@H]3[C@@](O)(C(=O)OC)[C@H](OC(C)=O)[C@]5(CC)C=CCN6CC[C@]43[C@@H]65)C2)C1. The lowest BCUT2D eigenvalue weighted by molar-refractivity contribution is -0.228. The zero-order valence-electron chi connectivity index (χ0n) is 34.7. The largest absolute Gasteiger partial charge is 0.496 e. The molecule has 12 nitrogen and oxygen atoms in total. The molecule has 1 spiro atoms. The minimum atomic E-state index is -2.28. The van der Waals surface area contributed by atoms with Gasteiger partial charge in [-0.1, -0.05) is 48.9 Å². The molecular weight excluding hydrogens is 737 g/mol. The van der Waals surface area contributed by atoms with Crippen LogP contribution in [-0.2, 0) is 45.8 Å². The van der Waals surface area contributed by atoms with Crippen molar-refractivity contribution in [2.24, 2.45) is 11.3 Å². The first-order valence-electron chi connectivity index (χ1n) is 20.8. The van der Waals surface area contributed by atoms with Gasteiger partial charge in [-0.3, -0.25) is 19.4 Å². The fraction of sp³-hybridized carbons (Fsp3) is 0.543. The van der Waals surface area contributed by atoms with Crippen molar-refractivity contribution in [3.05, 3.63) is 82.6 Å². The Bertz CT molecular complexity index is 2270. The maximum Gasteiger partial charge on any atom is 0.344 e. The summed E-state index contributed by atoms with van der Waals surface area (Å²) in [6, 6.07) is 11.2. The molecule has 2 saturated heterocycles. The van der Waals surface area contributed by atoms with Crippen LogP contribution in [0.3, 0.4) is 0 Å². The number of ether oxygens (including phenoxy) is 4. The second kappa shape index (κ2) is 13.7. The van der Waals surface area contributed by atoms with Crippen LogP contribution in [0.5, 0.6) is 5.75 Å². The zero-order chi connectivity index (χ0) is 40.9. The maximum absolute atomic E-state index is 15.3. The molecule has 2 bridgehead atoms. The van der Waals surface area contributed by atoms with Crippen LogP contribution in [0.4, 0.5) is 5.69 Å². The maximum atomic E-state index is 15.3. The number of para-hydroxylation sites is 1. The highest BCUT2D eigenvalue weighted by atomic mass is 16.6. The van der Waals surface area contributed by atoms with E-state index in [1.807, 2.05) is 37.1 Å². The van der Waals surface area contributed by atoms with Crippen molar-refractivity contribution < 1.29 is 38.4 Å². The number of carbonyl (C=O) groups excluding carboxylic acids is 3. The number of likely N-dealkylation sites (N-methyl/N-ethyl adjacent to an activating group) is 1. The first kappa shape index (κ1) is 38.8. The quantitative estimate of drug-likeness (QED) is 0.203. The number of aromatic nitrogens is 1. The van der Waals surface area contributed by atoms with Crippen LogP contribution in [0.15, 0.2) is 60.2 Å². The molecule has 3 fully saturated rings. The number of rotatable bonds is 6. The first-order chi connectivity index (χ1) is 27.9. The van der Waals surface area contributed by atoms with Gasteiger partial charge in [-0.05, 0) is 74.8 Å². The summed E-state index contributed by atoms with van der Waals surface area (Å²) in [5.41, 5.74) is 1.16. The van der Waals surface area contributed by atoms with Crippen LogP contribution in [0, 0.1) is 11.3 Å². The normalized spacial score (nSPS) is 35.6. The second-order valence-electron chi connectivity index (χ2n) is 17.6. The van der Waals surface area contributed by atoms with E-state index < -0.39 is 45.9 Å². The minimum Gasteiger partial charge on any atom is -0.496 e. The van der Waals surface area contributed by atoms with E-state index in [4.69, 9.17) is 18.9 Å². The monoisotopic (exact) mass is 792 g/mol. The Morgan fingerprint density at radius 1 is 1.03 bits per heavy atom. The molecule has 2 unspecified atom stereocenters. The molecule has 1 aliphatic carbocycles. The molecular formula is C46H56N4O8. The van der Waals surface area contributed by atoms with Gasteiger partial charge in [0.2, 0.25) is 5.60 Å². The van der Waals surface area contributed by atoms with E-state index in [-0.39, 0.29) is 17.9 Å². The third-order valence-electron chi connectivity index (χ3n) is 15.1. The summed E-state index contributed by atoms with van der Waals surface area (Å²) in [6.45, 7) is 9.38. The number of allylic oxidation sites excluding steroid dienone is 1. The first-order valence-corrected chi connectivity index (χ1v) is 20.8. The molecule has 308 valence electrons. The molecule has 58 heavy (non-hydrogen) atoms. The summed E-state index contributed by atoms with van der Waals surface area (Å²) in [5, 5.41) is 14.4. The van der Waals surface area contributed by atoms with E-state index in [2.05, 4.69) is 58.1 Å². The van der Waals surface area contributed by atoms with Gasteiger partial charge in [0, 0.05) is 90.9 Å². The Labute approximate surface area is 340 Å². The molecule has 6 heterocycles. The molecule has 0 amide bonds. The Hall–Kier alpha value is -4.65. The van der Waals surface area contributed by atoms with Gasteiger partial charge < -0.3 is 33.9 Å². The molecule has 5 aliphatic heterocycles. The standard InChI is InChI=1S/C46H56N4O8/c1-8-28-21-29-24-45(41(52)56-6,37-31(15-19-49(25-28)26-29)30-13-10-11-14-34(30)47-37)33-22-32-35(23-36(33)55-5)48(4)39-44(32)17-20-50-18-12-16-43(9-2,38(44)50)40(58-27(3)51)46(39,54)42(53)57-7/h8,10-14,16,22-23,29,38-40,47,54H,9,15,17-21,24-26H2,1-7H3/b28-8+/t29?,38-,39+,40+,43+,44+,45-,46-/m0/s1. The predicted octanol–water partition coefficient (Wildman–Crippen LogP) is 4.80. The van der Waals surface area contributed by atoms with Gasteiger partial charge in [0.05, 0.1) is 27.4 Å². The van der Waals surface area contributed by atoms with Crippen LogP contribution >= 0.6 is 0 Å². The number of benzene rings is 2. The number of aromatic amines is 1.